The molecular formula is C56H34N2S. The van der Waals surface area contributed by atoms with Crippen molar-refractivity contribution in [2.45, 2.75) is 0 Å². The molecule has 3 heteroatoms. The van der Waals surface area contributed by atoms with Crippen LogP contribution in [0.1, 0.15) is 0 Å². The normalized spacial score (nSPS) is 11.7. The lowest BCUT2D eigenvalue weighted by Gasteiger charge is -2.17. The van der Waals surface area contributed by atoms with E-state index in [0.717, 1.165) is 38.4 Å². The summed E-state index contributed by atoms with van der Waals surface area (Å²) in [6.07, 6.45) is 1.86. The molecule has 3 heterocycles. The lowest BCUT2D eigenvalue weighted by molar-refractivity contribution is 1.37. The number of fused-ring (bicyclic) bond motifs is 7. The highest BCUT2D eigenvalue weighted by Gasteiger charge is 2.27. The summed E-state index contributed by atoms with van der Waals surface area (Å²) in [6.45, 7) is 0. The van der Waals surface area contributed by atoms with Crippen molar-refractivity contribution in [2.24, 2.45) is 0 Å². The number of hydrogen-bond donors (Lipinski definition) is 0. The van der Waals surface area contributed by atoms with Gasteiger partial charge in [-0.2, -0.15) is 0 Å². The number of rotatable bonds is 5. The molecular weight excluding hydrogens is 733 g/mol. The summed E-state index contributed by atoms with van der Waals surface area (Å²) >= 11 is 1.91. The Labute approximate surface area is 345 Å². The highest BCUT2D eigenvalue weighted by Crippen LogP contribution is 2.56. The molecule has 0 fully saturated rings. The van der Waals surface area contributed by atoms with E-state index in [1.165, 1.54) is 80.8 Å². The largest absolute Gasteiger partial charge is 0.254 e. The van der Waals surface area contributed by atoms with Crippen molar-refractivity contribution in [3.8, 4) is 54.4 Å². The van der Waals surface area contributed by atoms with Crippen LogP contribution in [0.25, 0.3) is 119 Å². The zero-order valence-electron chi connectivity index (χ0n) is 31.9. The molecule has 0 saturated carbocycles. The number of benzene rings is 9. The van der Waals surface area contributed by atoms with Gasteiger partial charge in [0.05, 0.1) is 16.7 Å². The van der Waals surface area contributed by atoms with Gasteiger partial charge in [0.1, 0.15) is 0 Å². The van der Waals surface area contributed by atoms with Crippen molar-refractivity contribution >= 4 is 76.2 Å². The van der Waals surface area contributed by atoms with Gasteiger partial charge in [0.25, 0.3) is 0 Å². The van der Waals surface area contributed by atoms with Crippen molar-refractivity contribution < 1.29 is 0 Å². The standard InChI is InChI=1S/C56H34N2S/c1-4-20-40-35(13-1)16-9-25-46(40)51-52(56(49-27-11-18-37-15-3-6-22-42(37)49)59-55(51)48-26-10-17-36-14-2-5-21-41(36)48)47-32-31-45(43-23-7-8-24-44(43)47)50-33-30-39-29-28-38-19-12-34-57-53(38)54(39)58-50/h1-34H. The Morgan fingerprint density at radius 3 is 1.32 bits per heavy atom. The molecule has 0 radical (unpaired) electrons. The molecule has 0 spiro atoms. The van der Waals surface area contributed by atoms with Crippen LogP contribution in [0.3, 0.4) is 0 Å². The van der Waals surface area contributed by atoms with Crippen LogP contribution in [0.5, 0.6) is 0 Å². The van der Waals surface area contributed by atoms with Crippen LogP contribution in [0.15, 0.2) is 206 Å². The van der Waals surface area contributed by atoms with Crippen molar-refractivity contribution in [1.82, 2.24) is 9.97 Å². The third kappa shape index (κ3) is 5.40. The van der Waals surface area contributed by atoms with Gasteiger partial charge in [-0.15, -0.1) is 11.3 Å². The van der Waals surface area contributed by atoms with Gasteiger partial charge in [0.2, 0.25) is 0 Å². The summed E-state index contributed by atoms with van der Waals surface area (Å²) in [7, 11) is 0. The number of thiophene rings is 1. The highest BCUT2D eigenvalue weighted by molar-refractivity contribution is 7.20. The predicted octanol–water partition coefficient (Wildman–Crippen LogP) is 15.8. The molecule has 0 N–H and O–H groups in total. The maximum absolute atomic E-state index is 5.34. The molecule has 0 saturated heterocycles. The summed E-state index contributed by atoms with van der Waals surface area (Å²) in [5, 5.41) is 11.9. The molecule has 0 bridgehead atoms. The predicted molar refractivity (Wildman–Crippen MR) is 252 cm³/mol. The molecule has 3 aromatic heterocycles. The Morgan fingerprint density at radius 1 is 0.288 bits per heavy atom. The number of aromatic nitrogens is 2. The minimum absolute atomic E-state index is 0.919. The van der Waals surface area contributed by atoms with E-state index in [2.05, 4.69) is 194 Å². The second kappa shape index (κ2) is 13.6. The molecule has 0 aliphatic heterocycles. The van der Waals surface area contributed by atoms with E-state index in [-0.39, 0.29) is 0 Å². The SMILES string of the molecule is c1ccc2c(-c3sc(-c4cccc5ccccc45)c(-c4ccc(-c5ccc6ccc7cccnc7c6n5)c5ccccc45)c3-c3cccc4ccccc34)cccc2c1. The Balaban J connectivity index is 1.22. The third-order valence-corrected chi connectivity index (χ3v) is 13.2. The summed E-state index contributed by atoms with van der Waals surface area (Å²) in [4.78, 5) is 12.6. The molecule has 0 atom stereocenters. The van der Waals surface area contributed by atoms with E-state index >= 15 is 0 Å². The first-order valence-electron chi connectivity index (χ1n) is 20.1. The van der Waals surface area contributed by atoms with Crippen LogP contribution in [0.2, 0.25) is 0 Å². The summed E-state index contributed by atoms with van der Waals surface area (Å²) < 4.78 is 0. The fourth-order valence-electron chi connectivity index (χ4n) is 9.23. The van der Waals surface area contributed by atoms with Crippen molar-refractivity contribution in [2.75, 3.05) is 0 Å². The summed E-state index contributed by atoms with van der Waals surface area (Å²) in [5.41, 5.74) is 11.3. The van der Waals surface area contributed by atoms with Gasteiger partial charge in [-0.05, 0) is 66.3 Å². The van der Waals surface area contributed by atoms with Crippen LogP contribution >= 0.6 is 11.3 Å². The molecule has 2 nitrogen and oxygen atoms in total. The second-order valence-electron chi connectivity index (χ2n) is 15.2. The van der Waals surface area contributed by atoms with Crippen LogP contribution in [0, 0.1) is 0 Å². The molecule has 59 heavy (non-hydrogen) atoms. The lowest BCUT2D eigenvalue weighted by Crippen LogP contribution is -1.93. The molecule has 274 valence electrons. The van der Waals surface area contributed by atoms with E-state index < -0.39 is 0 Å². The average molecular weight is 767 g/mol. The van der Waals surface area contributed by atoms with Crippen LogP contribution < -0.4 is 0 Å². The number of hydrogen-bond acceptors (Lipinski definition) is 3. The topological polar surface area (TPSA) is 25.8 Å². The van der Waals surface area contributed by atoms with Crippen molar-refractivity contribution in [3.05, 3.63) is 206 Å². The van der Waals surface area contributed by atoms with E-state index in [4.69, 9.17) is 9.97 Å². The maximum atomic E-state index is 5.34. The lowest BCUT2D eigenvalue weighted by atomic mass is 9.85. The first-order chi connectivity index (χ1) is 29.3. The molecule has 0 aliphatic rings. The first kappa shape index (κ1) is 33.7. The van der Waals surface area contributed by atoms with Gasteiger partial charge in [0.15, 0.2) is 0 Å². The zero-order chi connectivity index (χ0) is 38.9. The van der Waals surface area contributed by atoms with Crippen LogP contribution in [0.4, 0.5) is 0 Å². The first-order valence-corrected chi connectivity index (χ1v) is 20.9. The molecule has 0 unspecified atom stereocenters. The molecule has 0 aliphatic carbocycles. The average Bonchev–Trinajstić information content (AvgIpc) is 3.70. The smallest absolute Gasteiger partial charge is 0.0972 e. The zero-order valence-corrected chi connectivity index (χ0v) is 32.7. The fraction of sp³-hybridized carbons (Fsp3) is 0. The summed E-state index contributed by atoms with van der Waals surface area (Å²) in [6, 6.07) is 72.9. The maximum Gasteiger partial charge on any atom is 0.0972 e. The molecule has 0 amide bonds. The highest BCUT2D eigenvalue weighted by atomic mass is 32.1. The van der Waals surface area contributed by atoms with E-state index in [0.29, 0.717) is 0 Å². The fourth-order valence-corrected chi connectivity index (χ4v) is 10.6. The minimum Gasteiger partial charge on any atom is -0.254 e. The van der Waals surface area contributed by atoms with Gasteiger partial charge in [-0.1, -0.05) is 188 Å². The van der Waals surface area contributed by atoms with Gasteiger partial charge in [-0.25, -0.2) is 4.98 Å². The monoisotopic (exact) mass is 766 g/mol. The molecule has 12 rings (SSSR count). The van der Waals surface area contributed by atoms with Crippen molar-refractivity contribution in [1.29, 1.82) is 0 Å². The van der Waals surface area contributed by atoms with E-state index in [1.807, 2.05) is 23.6 Å². The number of nitrogens with zero attached hydrogens (tertiary/aromatic N) is 2. The Morgan fingerprint density at radius 2 is 0.712 bits per heavy atom. The van der Waals surface area contributed by atoms with Crippen LogP contribution in [-0.2, 0) is 0 Å². The minimum atomic E-state index is 0.919. The van der Waals surface area contributed by atoms with Gasteiger partial charge in [0, 0.05) is 54.5 Å². The van der Waals surface area contributed by atoms with Gasteiger partial charge in [-0.3, -0.25) is 4.98 Å². The Bertz CT molecular complexity index is 3620. The summed E-state index contributed by atoms with van der Waals surface area (Å²) in [5.74, 6) is 0. The van der Waals surface area contributed by atoms with Crippen LogP contribution in [-0.4, -0.2) is 9.97 Å². The van der Waals surface area contributed by atoms with E-state index in [1.54, 1.807) is 0 Å². The Hall–Kier alpha value is -7.46. The second-order valence-corrected chi connectivity index (χ2v) is 16.2. The Kier molecular flexibility index (Phi) is 7.75. The molecule has 12 aromatic rings. The molecule has 9 aromatic carbocycles. The number of pyridine rings is 2. The van der Waals surface area contributed by atoms with Crippen molar-refractivity contribution in [3.63, 3.8) is 0 Å². The van der Waals surface area contributed by atoms with Gasteiger partial charge < -0.3 is 0 Å². The third-order valence-electron chi connectivity index (χ3n) is 11.9. The van der Waals surface area contributed by atoms with Gasteiger partial charge >= 0.3 is 0 Å². The quantitative estimate of drug-likeness (QED) is 0.163. The van der Waals surface area contributed by atoms with E-state index in [9.17, 15) is 0 Å².